The lowest BCUT2D eigenvalue weighted by atomic mass is 9.68. The fourth-order valence-electron chi connectivity index (χ4n) is 1.76. The van der Waals surface area contributed by atoms with E-state index >= 15 is 0 Å². The molecule has 0 aromatic rings. The molecular formula is C8H17N3O. The van der Waals surface area contributed by atoms with E-state index in [1.165, 1.54) is 0 Å². The molecule has 0 aliphatic heterocycles. The van der Waals surface area contributed by atoms with Gasteiger partial charge in [-0.25, -0.2) is 10.6 Å². The van der Waals surface area contributed by atoms with Crippen molar-refractivity contribution in [3.63, 3.8) is 0 Å². The summed E-state index contributed by atoms with van der Waals surface area (Å²) in [7, 11) is 1.78. The van der Waals surface area contributed by atoms with Crippen molar-refractivity contribution in [2.75, 3.05) is 7.05 Å². The molecule has 1 fully saturated rings. The van der Waals surface area contributed by atoms with Crippen LogP contribution in [0.25, 0.3) is 0 Å². The number of carbonyl (C=O) groups excluding carboxylic acids is 1. The highest BCUT2D eigenvalue weighted by Crippen LogP contribution is 2.42. The molecule has 12 heavy (non-hydrogen) atoms. The monoisotopic (exact) mass is 171 g/mol. The largest absolute Gasteiger partial charge is 0.331 e. The summed E-state index contributed by atoms with van der Waals surface area (Å²) in [6.45, 7) is 4.41. The van der Waals surface area contributed by atoms with E-state index in [1.54, 1.807) is 11.9 Å². The fraction of sp³-hybridized carbons (Fsp3) is 0.875. The van der Waals surface area contributed by atoms with Gasteiger partial charge in [0.1, 0.15) is 0 Å². The Morgan fingerprint density at radius 1 is 1.58 bits per heavy atom. The molecule has 0 bridgehead atoms. The van der Waals surface area contributed by atoms with Gasteiger partial charge >= 0.3 is 6.03 Å². The van der Waals surface area contributed by atoms with Gasteiger partial charge in [-0.15, -0.1) is 0 Å². The van der Waals surface area contributed by atoms with Gasteiger partial charge in [0.25, 0.3) is 0 Å². The molecule has 0 unspecified atom stereocenters. The van der Waals surface area contributed by atoms with Crippen LogP contribution in [0.4, 0.5) is 4.79 Å². The number of nitrogens with zero attached hydrogens (tertiary/aromatic N) is 1. The second kappa shape index (κ2) is 2.94. The Hall–Kier alpha value is -0.770. The normalized spacial score (nSPS) is 21.3. The molecule has 3 N–H and O–H groups in total. The molecule has 1 aliphatic carbocycles. The molecule has 0 atom stereocenters. The number of hydrazine groups is 1. The van der Waals surface area contributed by atoms with E-state index in [1.807, 2.05) is 0 Å². The van der Waals surface area contributed by atoms with E-state index < -0.39 is 0 Å². The molecule has 1 saturated carbocycles. The maximum Gasteiger partial charge on any atom is 0.331 e. The molecule has 70 valence electrons. The Bertz CT molecular complexity index is 183. The van der Waals surface area contributed by atoms with Crippen LogP contribution in [-0.4, -0.2) is 24.0 Å². The predicted molar refractivity (Wildman–Crippen MR) is 47.3 cm³/mol. The van der Waals surface area contributed by atoms with Crippen molar-refractivity contribution in [1.29, 1.82) is 0 Å². The third kappa shape index (κ3) is 1.69. The van der Waals surface area contributed by atoms with Crippen molar-refractivity contribution in [1.82, 2.24) is 10.3 Å². The number of nitrogens with one attached hydrogen (secondary N) is 1. The van der Waals surface area contributed by atoms with Gasteiger partial charge < -0.3 is 4.90 Å². The maximum absolute atomic E-state index is 11.0. The number of amides is 2. The van der Waals surface area contributed by atoms with Crippen LogP contribution in [0.5, 0.6) is 0 Å². The summed E-state index contributed by atoms with van der Waals surface area (Å²) >= 11 is 0. The van der Waals surface area contributed by atoms with E-state index in [0.717, 1.165) is 12.8 Å². The van der Waals surface area contributed by atoms with Crippen LogP contribution in [0.2, 0.25) is 0 Å². The summed E-state index contributed by atoms with van der Waals surface area (Å²) in [5, 5.41) is 0. The molecule has 2 amide bonds. The molecule has 0 aromatic heterocycles. The standard InChI is InChI=1S/C8H17N3O/c1-8(2)4-6(5-8)11(3)7(12)10-9/h6H,4-5,9H2,1-3H3,(H,10,12). The number of hydrogen-bond donors (Lipinski definition) is 2. The molecule has 0 saturated heterocycles. The molecule has 1 rings (SSSR count). The Balaban J connectivity index is 2.38. The zero-order valence-corrected chi connectivity index (χ0v) is 7.92. The zero-order chi connectivity index (χ0) is 9.35. The van der Waals surface area contributed by atoms with E-state index in [2.05, 4.69) is 19.3 Å². The smallest absolute Gasteiger partial charge is 0.324 e. The Morgan fingerprint density at radius 2 is 2.08 bits per heavy atom. The van der Waals surface area contributed by atoms with E-state index in [9.17, 15) is 4.79 Å². The first kappa shape index (κ1) is 9.32. The summed E-state index contributed by atoms with van der Waals surface area (Å²) in [6.07, 6.45) is 2.13. The number of rotatable bonds is 1. The summed E-state index contributed by atoms with van der Waals surface area (Å²) in [5.74, 6) is 5.02. The minimum Gasteiger partial charge on any atom is -0.324 e. The van der Waals surface area contributed by atoms with Gasteiger partial charge in [0, 0.05) is 13.1 Å². The Kier molecular flexibility index (Phi) is 2.28. The van der Waals surface area contributed by atoms with Gasteiger partial charge in [0.15, 0.2) is 0 Å². The Morgan fingerprint density at radius 3 is 2.42 bits per heavy atom. The summed E-state index contributed by atoms with van der Waals surface area (Å²) in [6, 6.07) is 0.166. The van der Waals surface area contributed by atoms with Gasteiger partial charge in [-0.3, -0.25) is 5.43 Å². The molecule has 0 heterocycles. The van der Waals surface area contributed by atoms with Crippen LogP contribution < -0.4 is 11.3 Å². The zero-order valence-electron chi connectivity index (χ0n) is 7.92. The third-order valence-corrected chi connectivity index (χ3v) is 2.57. The van der Waals surface area contributed by atoms with Crippen LogP contribution in [-0.2, 0) is 0 Å². The molecule has 0 aromatic carbocycles. The highest BCUT2D eigenvalue weighted by atomic mass is 16.2. The van der Waals surface area contributed by atoms with E-state index in [0.29, 0.717) is 11.5 Å². The van der Waals surface area contributed by atoms with E-state index in [4.69, 9.17) is 5.84 Å². The summed E-state index contributed by atoms with van der Waals surface area (Å²) in [4.78, 5) is 12.7. The average Bonchev–Trinajstić information content (AvgIpc) is 1.97. The predicted octanol–water partition coefficient (Wildman–Crippen LogP) is 0.690. The average molecular weight is 171 g/mol. The lowest BCUT2D eigenvalue weighted by molar-refractivity contribution is 0.0604. The lowest BCUT2D eigenvalue weighted by Crippen LogP contribution is -2.53. The molecule has 4 heteroatoms. The molecule has 0 radical (unpaired) electrons. The van der Waals surface area contributed by atoms with Crippen LogP contribution >= 0.6 is 0 Å². The van der Waals surface area contributed by atoms with Crippen molar-refractivity contribution in [2.45, 2.75) is 32.7 Å². The quantitative estimate of drug-likeness (QED) is 0.346. The van der Waals surface area contributed by atoms with Crippen molar-refractivity contribution >= 4 is 6.03 Å². The first-order valence-electron chi connectivity index (χ1n) is 4.20. The van der Waals surface area contributed by atoms with Gasteiger partial charge in [-0.1, -0.05) is 13.8 Å². The maximum atomic E-state index is 11.0. The van der Waals surface area contributed by atoms with Crippen LogP contribution in [0.15, 0.2) is 0 Å². The van der Waals surface area contributed by atoms with Crippen LogP contribution in [0.1, 0.15) is 26.7 Å². The minimum absolute atomic E-state index is 0.199. The molecular weight excluding hydrogens is 154 g/mol. The van der Waals surface area contributed by atoms with Crippen molar-refractivity contribution in [2.24, 2.45) is 11.3 Å². The molecule has 0 spiro atoms. The van der Waals surface area contributed by atoms with Crippen LogP contribution in [0, 0.1) is 5.41 Å². The van der Waals surface area contributed by atoms with Gasteiger partial charge in [-0.05, 0) is 18.3 Å². The summed E-state index contributed by atoms with van der Waals surface area (Å²) < 4.78 is 0. The van der Waals surface area contributed by atoms with Crippen molar-refractivity contribution < 1.29 is 4.79 Å². The number of nitrogens with two attached hydrogens (primary N) is 1. The second-order valence-electron chi connectivity index (χ2n) is 4.29. The number of carbonyl (C=O) groups is 1. The molecule has 4 nitrogen and oxygen atoms in total. The van der Waals surface area contributed by atoms with E-state index in [-0.39, 0.29) is 6.03 Å². The van der Waals surface area contributed by atoms with Gasteiger partial charge in [-0.2, -0.15) is 0 Å². The SMILES string of the molecule is CN(C(=O)NN)C1CC(C)(C)C1. The fourth-order valence-corrected chi connectivity index (χ4v) is 1.76. The summed E-state index contributed by atoms with van der Waals surface area (Å²) in [5.41, 5.74) is 2.52. The minimum atomic E-state index is -0.199. The first-order valence-corrected chi connectivity index (χ1v) is 4.20. The Labute approximate surface area is 73.1 Å². The second-order valence-corrected chi connectivity index (χ2v) is 4.29. The third-order valence-electron chi connectivity index (χ3n) is 2.57. The van der Waals surface area contributed by atoms with Crippen molar-refractivity contribution in [3.05, 3.63) is 0 Å². The topological polar surface area (TPSA) is 58.4 Å². The van der Waals surface area contributed by atoms with Crippen LogP contribution in [0.3, 0.4) is 0 Å². The number of hydrogen-bond acceptors (Lipinski definition) is 2. The number of urea groups is 1. The van der Waals surface area contributed by atoms with Crippen molar-refractivity contribution in [3.8, 4) is 0 Å². The first-order chi connectivity index (χ1) is 5.46. The highest BCUT2D eigenvalue weighted by Gasteiger charge is 2.39. The lowest BCUT2D eigenvalue weighted by Gasteiger charge is -2.46. The highest BCUT2D eigenvalue weighted by molar-refractivity contribution is 5.73. The van der Waals surface area contributed by atoms with Gasteiger partial charge in [0.05, 0.1) is 0 Å². The van der Waals surface area contributed by atoms with Gasteiger partial charge in [0.2, 0.25) is 0 Å². The molecule has 1 aliphatic rings.